The first-order valence-electron chi connectivity index (χ1n) is 6.89. The summed E-state index contributed by atoms with van der Waals surface area (Å²) in [6.07, 6.45) is 0. The van der Waals surface area contributed by atoms with E-state index in [1.54, 1.807) is 7.05 Å². The highest BCUT2D eigenvalue weighted by Crippen LogP contribution is 2.15. The second-order valence-corrected chi connectivity index (χ2v) is 4.89. The summed E-state index contributed by atoms with van der Waals surface area (Å²) in [5, 5.41) is 15.6. The summed E-state index contributed by atoms with van der Waals surface area (Å²) in [6.45, 7) is 1.66. The minimum Gasteiger partial charge on any atom is -0.309 e. The SMILES string of the molecule is Cn1nnc(-c2cccc(CNCc3ccccc3)c2)n1. The Labute approximate surface area is 123 Å². The van der Waals surface area contributed by atoms with E-state index < -0.39 is 0 Å². The van der Waals surface area contributed by atoms with Crippen LogP contribution >= 0.6 is 0 Å². The van der Waals surface area contributed by atoms with E-state index in [-0.39, 0.29) is 0 Å². The third kappa shape index (κ3) is 3.52. The van der Waals surface area contributed by atoms with Gasteiger partial charge in [0.1, 0.15) is 0 Å². The fourth-order valence-corrected chi connectivity index (χ4v) is 2.17. The van der Waals surface area contributed by atoms with Crippen LogP contribution in [0.3, 0.4) is 0 Å². The third-order valence-corrected chi connectivity index (χ3v) is 3.19. The largest absolute Gasteiger partial charge is 0.309 e. The molecule has 0 bridgehead atoms. The van der Waals surface area contributed by atoms with Crippen molar-refractivity contribution in [2.75, 3.05) is 0 Å². The number of aryl methyl sites for hydroxylation is 1. The molecule has 0 fully saturated rings. The van der Waals surface area contributed by atoms with Crippen molar-refractivity contribution in [2.45, 2.75) is 13.1 Å². The molecule has 3 aromatic rings. The standard InChI is InChI=1S/C16H17N5/c1-21-19-16(18-20-21)15-9-5-8-14(10-15)12-17-11-13-6-3-2-4-7-13/h2-10,17H,11-12H2,1H3. The van der Waals surface area contributed by atoms with Gasteiger partial charge >= 0.3 is 0 Å². The second kappa shape index (κ2) is 6.28. The molecule has 2 aromatic carbocycles. The molecule has 0 aliphatic carbocycles. The molecule has 0 saturated heterocycles. The van der Waals surface area contributed by atoms with Crippen molar-refractivity contribution in [3.05, 3.63) is 65.7 Å². The molecule has 106 valence electrons. The van der Waals surface area contributed by atoms with Gasteiger partial charge in [-0.15, -0.1) is 10.2 Å². The predicted molar refractivity (Wildman–Crippen MR) is 81.2 cm³/mol. The Morgan fingerprint density at radius 3 is 2.48 bits per heavy atom. The molecule has 21 heavy (non-hydrogen) atoms. The summed E-state index contributed by atoms with van der Waals surface area (Å²) in [7, 11) is 1.77. The van der Waals surface area contributed by atoms with Crippen LogP contribution in [0.4, 0.5) is 0 Å². The van der Waals surface area contributed by atoms with E-state index in [1.165, 1.54) is 15.9 Å². The zero-order valence-electron chi connectivity index (χ0n) is 11.9. The van der Waals surface area contributed by atoms with Gasteiger partial charge in [-0.25, -0.2) is 0 Å². The lowest BCUT2D eigenvalue weighted by Gasteiger charge is -2.06. The van der Waals surface area contributed by atoms with Crippen molar-refractivity contribution < 1.29 is 0 Å². The van der Waals surface area contributed by atoms with Crippen LogP contribution in [0, 0.1) is 0 Å². The van der Waals surface area contributed by atoms with Gasteiger partial charge in [-0.2, -0.15) is 4.80 Å². The molecule has 3 rings (SSSR count). The highest BCUT2D eigenvalue weighted by molar-refractivity contribution is 5.54. The Hall–Kier alpha value is -2.53. The van der Waals surface area contributed by atoms with Crippen LogP contribution in [0.1, 0.15) is 11.1 Å². The first-order chi connectivity index (χ1) is 10.3. The Kier molecular flexibility index (Phi) is 4.02. The molecule has 0 unspecified atom stereocenters. The Balaban J connectivity index is 1.64. The quantitative estimate of drug-likeness (QED) is 0.777. The first-order valence-corrected chi connectivity index (χ1v) is 6.89. The van der Waals surface area contributed by atoms with E-state index in [4.69, 9.17) is 0 Å². The number of hydrogen-bond donors (Lipinski definition) is 1. The Morgan fingerprint density at radius 2 is 1.71 bits per heavy atom. The molecule has 5 nitrogen and oxygen atoms in total. The molecular weight excluding hydrogens is 262 g/mol. The number of nitrogens with one attached hydrogen (secondary N) is 1. The van der Waals surface area contributed by atoms with E-state index in [0.717, 1.165) is 18.7 Å². The van der Waals surface area contributed by atoms with Crippen molar-refractivity contribution in [3.8, 4) is 11.4 Å². The van der Waals surface area contributed by atoms with Gasteiger partial charge in [0.05, 0.1) is 7.05 Å². The minimum absolute atomic E-state index is 0.655. The predicted octanol–water partition coefficient (Wildman–Crippen LogP) is 2.17. The second-order valence-electron chi connectivity index (χ2n) is 4.89. The maximum atomic E-state index is 4.22. The Morgan fingerprint density at radius 1 is 0.952 bits per heavy atom. The normalized spacial score (nSPS) is 10.7. The summed E-state index contributed by atoms with van der Waals surface area (Å²) >= 11 is 0. The van der Waals surface area contributed by atoms with Gasteiger partial charge in [-0.1, -0.05) is 48.5 Å². The van der Waals surface area contributed by atoms with E-state index in [9.17, 15) is 0 Å². The molecule has 1 N–H and O–H groups in total. The zero-order valence-corrected chi connectivity index (χ0v) is 11.9. The summed E-state index contributed by atoms with van der Waals surface area (Å²) < 4.78 is 0. The van der Waals surface area contributed by atoms with Crippen molar-refractivity contribution in [2.24, 2.45) is 7.05 Å². The summed E-state index contributed by atoms with van der Waals surface area (Å²) in [4.78, 5) is 1.47. The van der Waals surface area contributed by atoms with Crippen LogP contribution in [0.5, 0.6) is 0 Å². The van der Waals surface area contributed by atoms with Crippen LogP contribution in [0.25, 0.3) is 11.4 Å². The lowest BCUT2D eigenvalue weighted by atomic mass is 10.1. The first kappa shape index (κ1) is 13.5. The van der Waals surface area contributed by atoms with Crippen LogP contribution in [0.2, 0.25) is 0 Å². The third-order valence-electron chi connectivity index (χ3n) is 3.19. The molecule has 0 amide bonds. The number of nitrogens with zero attached hydrogens (tertiary/aromatic N) is 4. The van der Waals surface area contributed by atoms with Crippen molar-refractivity contribution in [1.82, 2.24) is 25.5 Å². The fourth-order valence-electron chi connectivity index (χ4n) is 2.17. The molecule has 0 saturated carbocycles. The van der Waals surface area contributed by atoms with Crippen molar-refractivity contribution in [1.29, 1.82) is 0 Å². The van der Waals surface area contributed by atoms with E-state index in [0.29, 0.717) is 5.82 Å². The highest BCUT2D eigenvalue weighted by Gasteiger charge is 2.04. The maximum Gasteiger partial charge on any atom is 0.204 e. The van der Waals surface area contributed by atoms with Gasteiger partial charge < -0.3 is 5.32 Å². The Bertz CT molecular complexity index is 705. The minimum atomic E-state index is 0.655. The van der Waals surface area contributed by atoms with E-state index in [1.807, 2.05) is 18.2 Å². The summed E-state index contributed by atoms with van der Waals surface area (Å²) in [5.41, 5.74) is 3.47. The summed E-state index contributed by atoms with van der Waals surface area (Å²) in [5.74, 6) is 0.655. The molecule has 1 heterocycles. The van der Waals surface area contributed by atoms with Gasteiger partial charge in [0, 0.05) is 18.7 Å². The van der Waals surface area contributed by atoms with Crippen LogP contribution in [0.15, 0.2) is 54.6 Å². The van der Waals surface area contributed by atoms with Gasteiger partial charge in [0.25, 0.3) is 0 Å². The van der Waals surface area contributed by atoms with Gasteiger partial charge in [0.2, 0.25) is 5.82 Å². The average molecular weight is 279 g/mol. The molecule has 5 heteroatoms. The van der Waals surface area contributed by atoms with Gasteiger partial charge in [0.15, 0.2) is 0 Å². The number of rotatable bonds is 5. The van der Waals surface area contributed by atoms with Crippen molar-refractivity contribution in [3.63, 3.8) is 0 Å². The zero-order chi connectivity index (χ0) is 14.5. The van der Waals surface area contributed by atoms with Crippen LogP contribution < -0.4 is 5.32 Å². The lowest BCUT2D eigenvalue weighted by molar-refractivity contribution is 0.630. The molecule has 0 spiro atoms. The molecule has 0 radical (unpaired) electrons. The number of tetrazole rings is 1. The molecule has 0 aliphatic heterocycles. The number of aromatic nitrogens is 4. The molecule has 0 aliphatic rings. The van der Waals surface area contributed by atoms with E-state index in [2.05, 4.69) is 57.1 Å². The topological polar surface area (TPSA) is 55.6 Å². The van der Waals surface area contributed by atoms with Crippen LogP contribution in [-0.4, -0.2) is 20.2 Å². The fraction of sp³-hybridized carbons (Fsp3) is 0.188. The number of benzene rings is 2. The molecule has 0 atom stereocenters. The average Bonchev–Trinajstić information content (AvgIpc) is 2.95. The van der Waals surface area contributed by atoms with Gasteiger partial charge in [-0.05, 0) is 22.4 Å². The summed E-state index contributed by atoms with van der Waals surface area (Å²) in [6, 6.07) is 18.6. The van der Waals surface area contributed by atoms with Crippen LogP contribution in [-0.2, 0) is 20.1 Å². The maximum absolute atomic E-state index is 4.22. The highest BCUT2D eigenvalue weighted by atomic mass is 15.6. The monoisotopic (exact) mass is 279 g/mol. The lowest BCUT2D eigenvalue weighted by Crippen LogP contribution is -2.12. The molecule has 1 aromatic heterocycles. The van der Waals surface area contributed by atoms with E-state index >= 15 is 0 Å². The van der Waals surface area contributed by atoms with Crippen molar-refractivity contribution >= 4 is 0 Å². The number of hydrogen-bond acceptors (Lipinski definition) is 4. The smallest absolute Gasteiger partial charge is 0.204 e. The van der Waals surface area contributed by atoms with Gasteiger partial charge in [-0.3, -0.25) is 0 Å². The molecular formula is C16H17N5.